The van der Waals surface area contributed by atoms with E-state index in [-0.39, 0.29) is 71.5 Å². The molecule has 0 unspecified atom stereocenters. The predicted octanol–water partition coefficient (Wildman–Crippen LogP) is 3.55. The summed E-state index contributed by atoms with van der Waals surface area (Å²) in [5.74, 6) is -5.54. The Morgan fingerprint density at radius 3 is 2.13 bits per heavy atom. The molecule has 0 radical (unpaired) electrons. The molecule has 3 aromatic carbocycles. The number of methoxy groups -OCH3 is 1. The molecule has 32 nitrogen and oxygen atoms in total. The molecule has 9 rings (SSSR count). The summed E-state index contributed by atoms with van der Waals surface area (Å²) in [5.41, 5.74) is 21.0. The Morgan fingerprint density at radius 1 is 0.903 bits per heavy atom. The van der Waals surface area contributed by atoms with Crippen molar-refractivity contribution in [3.63, 3.8) is 0 Å². The summed E-state index contributed by atoms with van der Waals surface area (Å²) in [6.45, 7) is 5.23. The molecule has 1 fully saturated rings. The number of cyclic esters (lactones) is 1. The Bertz CT molecular complexity index is 3920. The number of benzene rings is 3. The Balaban J connectivity index is 0.000000203. The van der Waals surface area contributed by atoms with Crippen LogP contribution in [0.2, 0.25) is 0 Å². The van der Waals surface area contributed by atoms with Crippen molar-refractivity contribution >= 4 is 75.9 Å². The number of anilines is 4. The van der Waals surface area contributed by atoms with E-state index in [1.54, 1.807) is 25.3 Å². The number of halogens is 3. The van der Waals surface area contributed by atoms with E-state index in [1.807, 2.05) is 31.9 Å². The van der Waals surface area contributed by atoms with Crippen LogP contribution in [0.3, 0.4) is 0 Å². The molecule has 1 saturated heterocycles. The first-order valence-electron chi connectivity index (χ1n) is 27.5. The molecule has 16 N–H and O–H groups in total. The molecule has 2 aliphatic heterocycles. The number of ether oxygens (including phenoxy) is 3. The summed E-state index contributed by atoms with van der Waals surface area (Å²) in [6.07, 6.45) is -3.27. The fourth-order valence-corrected chi connectivity index (χ4v) is 9.02. The van der Waals surface area contributed by atoms with Gasteiger partial charge in [-0.3, -0.25) is 28.5 Å². The molecule has 0 spiro atoms. The first kappa shape index (κ1) is 71.0. The van der Waals surface area contributed by atoms with Crippen molar-refractivity contribution in [1.82, 2.24) is 40.0 Å². The molecule has 7 aromatic rings. The number of phenolic OH excluding ortho intramolecular Hbond substituents is 1. The number of hydrogen-bond donors (Lipinski definition) is 13. The standard InChI is InChI=1S/C20H22N8O5.C17H20O6.C12H9F3N2O2.C9H13N3O6/c1-28(9-11-8-23-17-15(24-11)16(21)26-20(22)27-17)12-4-2-10(3-5-12)18(31)25-13(19(32)33)6-7-14(29)30;1-9(5-7-13(18)19)4-6-11-15(20)14-12(8-23-17(14)21)10(2)16(11)22-3;1-7-10(6-16-19-7)11(18)17-9-4-2-8(3-5-9)12(13,14)15;10-7(16)4-8(17)12(2-11-4)9-6(15)5(14)3(1-13)18-9/h2-5,8,13H,6-7,9H2,1H3,(H,25,31)(H,29,30)(H,32,33)(H4,21,22,23,26,27);4,20H,5-8H2,1-3H3,(H,18,19);2-6H,1H3,(H,17,18);2-3,5-6,9,13-15,17H,1H2,(H2,10,16)/b;9-4+;;/t13-;;;3-,5-,6-,9-/m0..1/s1. The van der Waals surface area contributed by atoms with Gasteiger partial charge in [0.15, 0.2) is 28.9 Å². The first-order valence-corrected chi connectivity index (χ1v) is 27.5. The molecule has 4 aromatic heterocycles. The third kappa shape index (κ3) is 18.1. The smallest absolute Gasteiger partial charge is 0.416 e. The zero-order valence-electron chi connectivity index (χ0n) is 50.0. The summed E-state index contributed by atoms with van der Waals surface area (Å²) in [6, 6.07) is 9.33. The maximum Gasteiger partial charge on any atom is 0.416 e. The second-order valence-electron chi connectivity index (χ2n) is 20.5. The van der Waals surface area contributed by atoms with Gasteiger partial charge in [0, 0.05) is 48.0 Å². The SMILES string of the molecule is CN(Cc1cnc2nc(N)nc(N)c2n1)c1ccc(C(=O)N[C@@H](CCC(=O)O)C(=O)O)cc1.COc1c(C)c2c(c(O)c1C/C=C(\C)CCC(=O)O)C(=O)OC2.Cc1oncc1C(=O)Nc1ccc(C(F)(F)F)cc1.NC(=O)c1ncn([C@@H]2O[C@H](CO)[C@@H](O)[C@H]2O)c1O. The van der Waals surface area contributed by atoms with Gasteiger partial charge >= 0.3 is 30.1 Å². The zero-order valence-corrected chi connectivity index (χ0v) is 50.0. The number of alkyl halides is 3. The number of primary amides is 1. The van der Waals surface area contributed by atoms with Crippen molar-refractivity contribution in [2.45, 2.75) is 103 Å². The lowest BCUT2D eigenvalue weighted by atomic mass is 9.94. The Kier molecular flexibility index (Phi) is 23.8. The number of aromatic hydroxyl groups is 2. The van der Waals surface area contributed by atoms with E-state index in [4.69, 9.17) is 51.3 Å². The van der Waals surface area contributed by atoms with Gasteiger partial charge in [0.2, 0.25) is 11.8 Å². The third-order valence-corrected chi connectivity index (χ3v) is 14.0. The molecular formula is C58H64F3N13O19. The summed E-state index contributed by atoms with van der Waals surface area (Å²) in [4.78, 5) is 101. The second-order valence-corrected chi connectivity index (χ2v) is 20.5. The number of nitrogen functional groups attached to an aromatic ring is 2. The van der Waals surface area contributed by atoms with E-state index in [0.29, 0.717) is 58.9 Å². The van der Waals surface area contributed by atoms with Crippen LogP contribution in [0.1, 0.15) is 114 Å². The van der Waals surface area contributed by atoms with Crippen LogP contribution in [-0.4, -0.2) is 162 Å². The number of rotatable bonds is 20. The topological polar surface area (TPSA) is 510 Å². The summed E-state index contributed by atoms with van der Waals surface area (Å²) >= 11 is 0. The lowest BCUT2D eigenvalue weighted by Gasteiger charge is -2.19. The van der Waals surface area contributed by atoms with Crippen molar-refractivity contribution in [1.29, 1.82) is 0 Å². The van der Waals surface area contributed by atoms with Crippen molar-refractivity contribution in [3.8, 4) is 17.4 Å². The number of hydrogen-bond acceptors (Lipinski definition) is 25. The molecule has 35 heteroatoms. The van der Waals surface area contributed by atoms with Gasteiger partial charge in [-0.25, -0.2) is 24.5 Å². The molecule has 0 aliphatic carbocycles. The van der Waals surface area contributed by atoms with Crippen molar-refractivity contribution < 1.29 is 106 Å². The molecule has 0 bridgehead atoms. The number of imidazole rings is 1. The number of aliphatic hydroxyl groups excluding tert-OH is 3. The van der Waals surface area contributed by atoms with Crippen LogP contribution < -0.4 is 37.5 Å². The number of amides is 3. The van der Waals surface area contributed by atoms with Crippen LogP contribution in [0.15, 0.2) is 83.4 Å². The van der Waals surface area contributed by atoms with E-state index in [2.05, 4.69) is 40.7 Å². The number of carboxylic acid groups (broad SMARTS) is 3. The van der Waals surface area contributed by atoms with E-state index < -0.39 is 96.4 Å². The summed E-state index contributed by atoms with van der Waals surface area (Å²) < 4.78 is 58.3. The largest absolute Gasteiger partial charge is 0.507 e. The third-order valence-electron chi connectivity index (χ3n) is 14.0. The quantitative estimate of drug-likeness (QED) is 0.0383. The molecule has 3 amide bonds. The molecule has 93 heavy (non-hydrogen) atoms. The van der Waals surface area contributed by atoms with Gasteiger partial charge in [-0.1, -0.05) is 16.8 Å². The second kappa shape index (κ2) is 31.1. The average molecular weight is 1300 g/mol. The number of nitrogens with two attached hydrogens (primary N) is 3. The van der Waals surface area contributed by atoms with E-state index in [9.17, 15) is 72.3 Å². The molecule has 2 aliphatic rings. The van der Waals surface area contributed by atoms with Crippen LogP contribution in [0, 0.1) is 13.8 Å². The van der Waals surface area contributed by atoms with Crippen molar-refractivity contribution in [2.75, 3.05) is 42.4 Å². The minimum absolute atomic E-state index is 0.0138. The van der Waals surface area contributed by atoms with Gasteiger partial charge in [0.05, 0.1) is 43.9 Å². The Hall–Kier alpha value is -11.0. The molecular weight excluding hydrogens is 1240 g/mol. The number of aromatic nitrogens is 7. The van der Waals surface area contributed by atoms with Crippen LogP contribution in [0.25, 0.3) is 11.2 Å². The van der Waals surface area contributed by atoms with Crippen LogP contribution >= 0.6 is 0 Å². The number of carboxylic acids is 3. The van der Waals surface area contributed by atoms with Gasteiger partial charge in [-0.2, -0.15) is 23.1 Å². The molecule has 5 atom stereocenters. The monoisotopic (exact) mass is 1300 g/mol. The van der Waals surface area contributed by atoms with Gasteiger partial charge < -0.3 is 92.3 Å². The highest BCUT2D eigenvalue weighted by Crippen LogP contribution is 2.42. The number of aliphatic hydroxyl groups is 3. The molecule has 496 valence electrons. The number of nitrogens with zero attached hydrogens (tertiary/aromatic N) is 8. The van der Waals surface area contributed by atoms with Gasteiger partial charge in [-0.05, 0) is 94.1 Å². The Morgan fingerprint density at radius 2 is 1.57 bits per heavy atom. The summed E-state index contributed by atoms with van der Waals surface area (Å²) in [5, 5.41) is 83.2. The number of allylic oxidation sites excluding steroid dienone is 2. The highest BCUT2D eigenvalue weighted by Gasteiger charge is 2.44. The highest BCUT2D eigenvalue weighted by atomic mass is 19.4. The average Bonchev–Trinajstić information content (AvgIpc) is 1.76. The fraction of sp³-hybridized carbons (Fsp3) is 0.328. The van der Waals surface area contributed by atoms with Crippen LogP contribution in [-0.2, 0) is 49.6 Å². The number of esters is 1. The molecule has 6 heterocycles. The number of aliphatic carboxylic acids is 3. The van der Waals surface area contributed by atoms with Crippen LogP contribution in [0.4, 0.5) is 36.3 Å². The fourth-order valence-electron chi connectivity index (χ4n) is 9.02. The predicted molar refractivity (Wildman–Crippen MR) is 317 cm³/mol. The number of fused-ring (bicyclic) bond motifs is 2. The van der Waals surface area contributed by atoms with Crippen LogP contribution in [0.5, 0.6) is 17.4 Å². The zero-order chi connectivity index (χ0) is 68.8. The first-order chi connectivity index (χ1) is 43.8. The maximum absolute atomic E-state index is 12.4. The normalized spacial score (nSPS) is 16.0. The minimum atomic E-state index is -4.40. The number of carbonyl (C=O) groups excluding carboxylic acids is 4. The van der Waals surface area contributed by atoms with Gasteiger partial charge in [0.25, 0.3) is 17.7 Å². The van der Waals surface area contributed by atoms with E-state index >= 15 is 0 Å². The summed E-state index contributed by atoms with van der Waals surface area (Å²) in [7, 11) is 3.33. The minimum Gasteiger partial charge on any atom is -0.507 e. The van der Waals surface area contributed by atoms with Gasteiger partial charge in [0.1, 0.15) is 65.7 Å². The maximum atomic E-state index is 12.4. The number of phenols is 1. The van der Waals surface area contributed by atoms with Gasteiger partial charge in [-0.15, -0.1) is 0 Å². The van der Waals surface area contributed by atoms with Crippen molar-refractivity contribution in [3.05, 3.63) is 135 Å². The Labute approximate surface area is 524 Å². The van der Waals surface area contributed by atoms with E-state index in [1.165, 1.54) is 37.6 Å². The molecule has 0 saturated carbocycles. The number of carbonyl (C=O) groups is 7. The highest BCUT2D eigenvalue weighted by molar-refractivity contribution is 6.04. The lowest BCUT2D eigenvalue weighted by Crippen LogP contribution is -2.41. The lowest BCUT2D eigenvalue weighted by molar-refractivity contribution is -0.141. The number of nitrogens with one attached hydrogen (secondary N) is 2. The van der Waals surface area contributed by atoms with E-state index in [0.717, 1.165) is 39.9 Å². The van der Waals surface area contributed by atoms with Crippen molar-refractivity contribution in [2.24, 2.45) is 5.73 Å². The number of aryl methyl sites for hydroxylation is 1.